The van der Waals surface area contributed by atoms with Gasteiger partial charge in [-0.1, -0.05) is 66.4 Å². The Morgan fingerprint density at radius 1 is 1.26 bits per heavy atom. The minimum absolute atomic E-state index is 0.152. The lowest BCUT2D eigenvalue weighted by Crippen LogP contribution is -2.44. The number of thiocarbonyl (C=S) groups is 1. The van der Waals surface area contributed by atoms with Crippen LogP contribution in [0.5, 0.6) is 0 Å². The molecule has 1 aliphatic rings. The predicted octanol–water partition coefficient (Wildman–Crippen LogP) is 3.29. The van der Waals surface area contributed by atoms with Crippen LogP contribution >= 0.6 is 24.0 Å². The van der Waals surface area contributed by atoms with Crippen molar-refractivity contribution < 1.29 is 14.7 Å². The van der Waals surface area contributed by atoms with Crippen molar-refractivity contribution in [2.75, 3.05) is 5.75 Å². The summed E-state index contributed by atoms with van der Waals surface area (Å²) in [6.07, 6.45) is -0.152. The molecule has 1 unspecified atom stereocenters. The lowest BCUT2D eigenvalue weighted by molar-refractivity contribution is -0.142. The first kappa shape index (κ1) is 16.0. The van der Waals surface area contributed by atoms with Gasteiger partial charge >= 0.3 is 5.97 Å². The summed E-state index contributed by atoms with van der Waals surface area (Å²) < 4.78 is 0.518. The maximum absolute atomic E-state index is 12.6. The molecule has 0 aromatic heterocycles. The van der Waals surface area contributed by atoms with E-state index in [4.69, 9.17) is 17.3 Å². The summed E-state index contributed by atoms with van der Waals surface area (Å²) in [5.41, 5.74) is 1.01. The van der Waals surface area contributed by atoms with Crippen molar-refractivity contribution in [3.05, 3.63) is 48.0 Å². The van der Waals surface area contributed by atoms with E-state index in [0.29, 0.717) is 16.6 Å². The van der Waals surface area contributed by atoms with Crippen molar-refractivity contribution in [2.24, 2.45) is 5.92 Å². The van der Waals surface area contributed by atoms with Crippen molar-refractivity contribution in [1.29, 1.82) is 0 Å². The van der Waals surface area contributed by atoms with Gasteiger partial charge in [0.25, 0.3) is 0 Å². The smallest absolute Gasteiger partial charge is 0.304 e. The van der Waals surface area contributed by atoms with E-state index in [1.54, 1.807) is 4.90 Å². The van der Waals surface area contributed by atoms with Gasteiger partial charge in [0.15, 0.2) is 0 Å². The quantitative estimate of drug-likeness (QED) is 0.862. The van der Waals surface area contributed by atoms with Crippen LogP contribution in [0.3, 0.4) is 0 Å². The van der Waals surface area contributed by atoms with Crippen LogP contribution in [0.15, 0.2) is 42.5 Å². The number of aliphatic carboxylic acids is 1. The lowest BCUT2D eigenvalue weighted by atomic mass is 10.0. The SMILES string of the molecule is O=C(O)CC1CSC(=S)N(Cc2cccc3ccccc23)C1=O. The van der Waals surface area contributed by atoms with E-state index in [0.717, 1.165) is 16.3 Å². The molecule has 23 heavy (non-hydrogen) atoms. The maximum Gasteiger partial charge on any atom is 0.304 e. The summed E-state index contributed by atoms with van der Waals surface area (Å²) in [5, 5.41) is 11.1. The number of carboxylic acids is 1. The van der Waals surface area contributed by atoms with E-state index in [9.17, 15) is 9.59 Å². The first-order chi connectivity index (χ1) is 11.1. The molecule has 6 heteroatoms. The Kier molecular flexibility index (Phi) is 4.63. The fourth-order valence-electron chi connectivity index (χ4n) is 2.73. The molecule has 2 aromatic rings. The van der Waals surface area contributed by atoms with E-state index in [2.05, 4.69) is 0 Å². The van der Waals surface area contributed by atoms with E-state index in [1.807, 2.05) is 42.5 Å². The third-order valence-corrected chi connectivity index (χ3v) is 5.48. The van der Waals surface area contributed by atoms with E-state index in [-0.39, 0.29) is 12.3 Å². The Bertz CT molecular complexity index is 785. The van der Waals surface area contributed by atoms with Gasteiger partial charge in [-0.05, 0) is 16.3 Å². The summed E-state index contributed by atoms with van der Waals surface area (Å²) in [6, 6.07) is 13.9. The molecule has 2 aromatic carbocycles. The molecule has 1 heterocycles. The predicted molar refractivity (Wildman–Crippen MR) is 95.3 cm³/mol. The van der Waals surface area contributed by atoms with Gasteiger partial charge in [-0.3, -0.25) is 14.5 Å². The molecule has 1 saturated heterocycles. The Hall–Kier alpha value is -1.92. The first-order valence-electron chi connectivity index (χ1n) is 7.23. The maximum atomic E-state index is 12.6. The van der Waals surface area contributed by atoms with E-state index < -0.39 is 11.9 Å². The molecule has 1 amide bonds. The molecule has 0 bridgehead atoms. The summed E-state index contributed by atoms with van der Waals surface area (Å²) in [5.74, 6) is -1.22. The number of rotatable bonds is 4. The normalized spacial score (nSPS) is 18.4. The molecule has 0 aliphatic carbocycles. The zero-order valence-electron chi connectivity index (χ0n) is 12.3. The Morgan fingerprint density at radius 2 is 2.00 bits per heavy atom. The second-order valence-corrected chi connectivity index (χ2v) is 7.09. The van der Waals surface area contributed by atoms with Gasteiger partial charge in [-0.15, -0.1) is 0 Å². The van der Waals surface area contributed by atoms with Crippen LogP contribution in [0, 0.1) is 5.92 Å². The van der Waals surface area contributed by atoms with Gasteiger partial charge < -0.3 is 5.11 Å². The van der Waals surface area contributed by atoms with Crippen molar-refractivity contribution in [3.63, 3.8) is 0 Å². The zero-order valence-corrected chi connectivity index (χ0v) is 13.9. The molecule has 3 rings (SSSR count). The van der Waals surface area contributed by atoms with Crippen LogP contribution in [0.1, 0.15) is 12.0 Å². The molecule has 0 radical (unpaired) electrons. The molecule has 1 aliphatic heterocycles. The summed E-state index contributed by atoms with van der Waals surface area (Å²) in [6.45, 7) is 0.377. The van der Waals surface area contributed by atoms with Gasteiger partial charge in [0.1, 0.15) is 4.32 Å². The topological polar surface area (TPSA) is 57.6 Å². The van der Waals surface area contributed by atoms with Crippen molar-refractivity contribution in [3.8, 4) is 0 Å². The fraction of sp³-hybridized carbons (Fsp3) is 0.235. The Morgan fingerprint density at radius 3 is 2.78 bits per heavy atom. The highest BCUT2D eigenvalue weighted by Crippen LogP contribution is 2.29. The van der Waals surface area contributed by atoms with Gasteiger partial charge in [-0.2, -0.15) is 0 Å². The highest BCUT2D eigenvalue weighted by atomic mass is 32.2. The van der Waals surface area contributed by atoms with Crippen molar-refractivity contribution in [1.82, 2.24) is 4.90 Å². The van der Waals surface area contributed by atoms with Crippen LogP contribution in [0.2, 0.25) is 0 Å². The number of fused-ring (bicyclic) bond motifs is 1. The Labute approximate surface area is 143 Å². The van der Waals surface area contributed by atoms with Crippen LogP contribution in [0.25, 0.3) is 10.8 Å². The molecular formula is C17H15NO3S2. The van der Waals surface area contributed by atoms with Gasteiger partial charge in [0, 0.05) is 5.75 Å². The number of hydrogen-bond donors (Lipinski definition) is 1. The second-order valence-electron chi connectivity index (χ2n) is 5.43. The van der Waals surface area contributed by atoms with Crippen LogP contribution < -0.4 is 0 Å². The Balaban J connectivity index is 1.89. The standard InChI is InChI=1S/C17H15NO3S2/c19-15(20)8-13-10-23-17(22)18(16(13)21)9-12-6-3-5-11-4-1-2-7-14(11)12/h1-7,13H,8-10H2,(H,19,20). The summed E-state index contributed by atoms with van der Waals surface area (Å²) >= 11 is 6.69. The van der Waals surface area contributed by atoms with Crippen molar-refractivity contribution >= 4 is 50.9 Å². The number of carbonyl (C=O) groups excluding carboxylic acids is 1. The molecule has 0 spiro atoms. The minimum atomic E-state index is -0.957. The highest BCUT2D eigenvalue weighted by Gasteiger charge is 2.34. The molecule has 1 fully saturated rings. The summed E-state index contributed by atoms with van der Waals surface area (Å²) in [7, 11) is 0. The molecule has 1 N–H and O–H groups in total. The van der Waals surface area contributed by atoms with Gasteiger partial charge in [-0.25, -0.2) is 0 Å². The average Bonchev–Trinajstić information content (AvgIpc) is 2.54. The number of hydrogen-bond acceptors (Lipinski definition) is 4. The third kappa shape index (κ3) is 3.38. The molecule has 4 nitrogen and oxygen atoms in total. The van der Waals surface area contributed by atoms with E-state index in [1.165, 1.54) is 11.8 Å². The lowest BCUT2D eigenvalue weighted by Gasteiger charge is -2.31. The number of carboxylic acid groups (broad SMARTS) is 1. The number of nitrogens with zero attached hydrogens (tertiary/aromatic N) is 1. The molecule has 1 atom stereocenters. The minimum Gasteiger partial charge on any atom is -0.481 e. The number of carbonyl (C=O) groups is 2. The molecule has 118 valence electrons. The van der Waals surface area contributed by atoms with Crippen molar-refractivity contribution in [2.45, 2.75) is 13.0 Å². The number of thioether (sulfide) groups is 1. The largest absolute Gasteiger partial charge is 0.481 e. The first-order valence-corrected chi connectivity index (χ1v) is 8.62. The van der Waals surface area contributed by atoms with Gasteiger partial charge in [0.05, 0.1) is 18.9 Å². The number of benzene rings is 2. The van der Waals surface area contributed by atoms with Crippen LogP contribution in [0.4, 0.5) is 0 Å². The fourth-order valence-corrected chi connectivity index (χ4v) is 4.00. The monoisotopic (exact) mass is 345 g/mol. The summed E-state index contributed by atoms with van der Waals surface area (Å²) in [4.78, 5) is 25.0. The highest BCUT2D eigenvalue weighted by molar-refractivity contribution is 8.23. The average molecular weight is 345 g/mol. The zero-order chi connectivity index (χ0) is 16.4. The number of amides is 1. The third-order valence-electron chi connectivity index (χ3n) is 3.87. The van der Waals surface area contributed by atoms with Gasteiger partial charge in [0.2, 0.25) is 5.91 Å². The molecular weight excluding hydrogens is 330 g/mol. The van der Waals surface area contributed by atoms with Crippen LogP contribution in [-0.2, 0) is 16.1 Å². The molecule has 0 saturated carbocycles. The second kappa shape index (κ2) is 6.68. The van der Waals surface area contributed by atoms with E-state index >= 15 is 0 Å². The van der Waals surface area contributed by atoms with Crippen LogP contribution in [-0.4, -0.2) is 32.0 Å².